The topological polar surface area (TPSA) is 56.8 Å². The molecule has 0 heterocycles. The van der Waals surface area contributed by atoms with Crippen molar-refractivity contribution in [3.63, 3.8) is 0 Å². The molecule has 0 saturated carbocycles. The predicted molar refractivity (Wildman–Crippen MR) is 111 cm³/mol. The quantitative estimate of drug-likeness (QED) is 0.640. The van der Waals surface area contributed by atoms with Crippen LogP contribution in [-0.4, -0.2) is 26.2 Å². The fraction of sp³-hybridized carbons (Fsp3) is 0.435. The van der Waals surface area contributed by atoms with Crippen LogP contribution in [0.3, 0.4) is 0 Å². The Kier molecular flexibility index (Phi) is 8.18. The maximum atomic E-state index is 12.9. The van der Waals surface area contributed by atoms with Gasteiger partial charge in [-0.05, 0) is 60.7 Å². The SMILES string of the molecule is CC[C@H](Oc1ccc(OC)cc1)C(=O)N[C@H](CC(C)C)c1ccc(OC)cc1. The van der Waals surface area contributed by atoms with Gasteiger partial charge in [0.1, 0.15) is 17.2 Å². The minimum Gasteiger partial charge on any atom is -0.497 e. The lowest BCUT2D eigenvalue weighted by Gasteiger charge is -2.24. The van der Waals surface area contributed by atoms with Gasteiger partial charge >= 0.3 is 0 Å². The van der Waals surface area contributed by atoms with Gasteiger partial charge in [-0.1, -0.05) is 32.9 Å². The van der Waals surface area contributed by atoms with Crippen molar-refractivity contribution in [3.8, 4) is 17.2 Å². The van der Waals surface area contributed by atoms with E-state index in [2.05, 4.69) is 19.2 Å². The molecule has 0 unspecified atom stereocenters. The van der Waals surface area contributed by atoms with E-state index in [1.54, 1.807) is 14.2 Å². The summed E-state index contributed by atoms with van der Waals surface area (Å²) in [6, 6.07) is 15.0. The van der Waals surface area contributed by atoms with E-state index >= 15 is 0 Å². The van der Waals surface area contributed by atoms with Crippen molar-refractivity contribution in [1.29, 1.82) is 0 Å². The molecule has 1 N–H and O–H groups in total. The Bertz CT molecular complexity index is 725. The Balaban J connectivity index is 2.10. The first kappa shape index (κ1) is 21.6. The highest BCUT2D eigenvalue weighted by Crippen LogP contribution is 2.25. The van der Waals surface area contributed by atoms with Crippen LogP contribution in [0.1, 0.15) is 45.2 Å². The summed E-state index contributed by atoms with van der Waals surface area (Å²) in [7, 11) is 3.26. The Morgan fingerprint density at radius 1 is 0.893 bits per heavy atom. The van der Waals surface area contributed by atoms with E-state index in [0.29, 0.717) is 18.1 Å². The van der Waals surface area contributed by atoms with E-state index in [9.17, 15) is 4.79 Å². The van der Waals surface area contributed by atoms with Crippen molar-refractivity contribution < 1.29 is 19.0 Å². The number of methoxy groups -OCH3 is 2. The van der Waals surface area contributed by atoms with E-state index in [-0.39, 0.29) is 11.9 Å². The highest BCUT2D eigenvalue weighted by atomic mass is 16.5. The Morgan fingerprint density at radius 3 is 1.86 bits per heavy atom. The minimum atomic E-state index is -0.554. The lowest BCUT2D eigenvalue weighted by Crippen LogP contribution is -2.40. The molecule has 2 rings (SSSR count). The van der Waals surface area contributed by atoms with E-state index in [1.807, 2.05) is 55.5 Å². The molecular formula is C23H31NO4. The number of rotatable bonds is 10. The zero-order valence-electron chi connectivity index (χ0n) is 17.4. The van der Waals surface area contributed by atoms with Crippen LogP contribution in [0, 0.1) is 5.92 Å². The monoisotopic (exact) mass is 385 g/mol. The van der Waals surface area contributed by atoms with E-state index in [4.69, 9.17) is 14.2 Å². The number of nitrogens with one attached hydrogen (secondary N) is 1. The smallest absolute Gasteiger partial charge is 0.261 e. The lowest BCUT2D eigenvalue weighted by molar-refractivity contribution is -0.129. The van der Waals surface area contributed by atoms with Crippen LogP contribution < -0.4 is 19.5 Å². The first-order valence-corrected chi connectivity index (χ1v) is 9.71. The molecule has 0 aromatic heterocycles. The van der Waals surface area contributed by atoms with Crippen LogP contribution in [-0.2, 0) is 4.79 Å². The molecule has 1 amide bonds. The standard InChI is InChI=1S/C23H31NO4/c1-6-22(28-20-13-11-19(27-5)12-14-20)23(25)24-21(15-16(2)3)17-7-9-18(26-4)10-8-17/h7-14,16,21-22H,6,15H2,1-5H3,(H,24,25)/t21-,22+/m1/s1. The number of ether oxygens (including phenoxy) is 3. The minimum absolute atomic E-state index is 0.0769. The summed E-state index contributed by atoms with van der Waals surface area (Å²) in [5, 5.41) is 3.17. The highest BCUT2D eigenvalue weighted by molar-refractivity contribution is 5.81. The summed E-state index contributed by atoms with van der Waals surface area (Å²) < 4.78 is 16.3. The number of carbonyl (C=O) groups is 1. The van der Waals surface area contributed by atoms with Crippen molar-refractivity contribution in [2.45, 2.75) is 45.8 Å². The van der Waals surface area contributed by atoms with Crippen LogP contribution >= 0.6 is 0 Å². The average molecular weight is 386 g/mol. The third-order valence-corrected chi connectivity index (χ3v) is 4.54. The van der Waals surface area contributed by atoms with E-state index < -0.39 is 6.10 Å². The summed E-state index contributed by atoms with van der Waals surface area (Å²) in [5.41, 5.74) is 1.06. The maximum absolute atomic E-state index is 12.9. The van der Waals surface area contributed by atoms with Gasteiger partial charge in [-0.2, -0.15) is 0 Å². The molecule has 0 aliphatic rings. The molecule has 0 aliphatic carbocycles. The van der Waals surface area contributed by atoms with Crippen molar-refractivity contribution in [1.82, 2.24) is 5.32 Å². The van der Waals surface area contributed by atoms with Gasteiger partial charge in [0.05, 0.1) is 20.3 Å². The van der Waals surface area contributed by atoms with E-state index in [0.717, 1.165) is 23.5 Å². The first-order valence-electron chi connectivity index (χ1n) is 9.71. The molecule has 0 radical (unpaired) electrons. The molecular weight excluding hydrogens is 354 g/mol. The number of hydrogen-bond donors (Lipinski definition) is 1. The van der Waals surface area contributed by atoms with Gasteiger partial charge in [-0.15, -0.1) is 0 Å². The zero-order chi connectivity index (χ0) is 20.5. The van der Waals surface area contributed by atoms with E-state index in [1.165, 1.54) is 0 Å². The molecule has 0 aliphatic heterocycles. The third-order valence-electron chi connectivity index (χ3n) is 4.54. The molecule has 0 spiro atoms. The third kappa shape index (κ3) is 6.19. The molecule has 2 atom stereocenters. The van der Waals surface area contributed by atoms with Gasteiger partial charge in [-0.25, -0.2) is 0 Å². The van der Waals surface area contributed by atoms with Crippen LogP contribution in [0.2, 0.25) is 0 Å². The largest absolute Gasteiger partial charge is 0.497 e. The van der Waals surface area contributed by atoms with Gasteiger partial charge in [0.25, 0.3) is 5.91 Å². The van der Waals surface area contributed by atoms with Crippen molar-refractivity contribution >= 4 is 5.91 Å². The first-order chi connectivity index (χ1) is 13.5. The van der Waals surface area contributed by atoms with Gasteiger partial charge < -0.3 is 19.5 Å². The van der Waals surface area contributed by atoms with Gasteiger partial charge in [0.15, 0.2) is 6.10 Å². The Hall–Kier alpha value is -2.69. The van der Waals surface area contributed by atoms with Gasteiger partial charge in [-0.3, -0.25) is 4.79 Å². The second-order valence-electron chi connectivity index (χ2n) is 7.15. The highest BCUT2D eigenvalue weighted by Gasteiger charge is 2.23. The van der Waals surface area contributed by atoms with Crippen molar-refractivity contribution in [3.05, 3.63) is 54.1 Å². The summed E-state index contributed by atoms with van der Waals surface area (Å²) >= 11 is 0. The molecule has 0 saturated heterocycles. The average Bonchev–Trinajstić information content (AvgIpc) is 2.71. The normalized spacial score (nSPS) is 12.9. The fourth-order valence-corrected chi connectivity index (χ4v) is 2.99. The molecule has 5 heteroatoms. The molecule has 2 aromatic rings. The molecule has 28 heavy (non-hydrogen) atoms. The molecule has 5 nitrogen and oxygen atoms in total. The van der Waals surface area contributed by atoms with Crippen LogP contribution in [0.5, 0.6) is 17.2 Å². The Labute approximate surface area is 168 Å². The maximum Gasteiger partial charge on any atom is 0.261 e. The lowest BCUT2D eigenvalue weighted by atomic mass is 9.96. The van der Waals surface area contributed by atoms with Crippen LogP contribution in [0.25, 0.3) is 0 Å². The zero-order valence-corrected chi connectivity index (χ0v) is 17.4. The van der Waals surface area contributed by atoms with Crippen LogP contribution in [0.15, 0.2) is 48.5 Å². The number of carbonyl (C=O) groups excluding carboxylic acids is 1. The molecule has 152 valence electrons. The number of amides is 1. The van der Waals surface area contributed by atoms with Crippen molar-refractivity contribution in [2.75, 3.05) is 14.2 Å². The van der Waals surface area contributed by atoms with Crippen molar-refractivity contribution in [2.24, 2.45) is 5.92 Å². The fourth-order valence-electron chi connectivity index (χ4n) is 2.99. The molecule has 2 aromatic carbocycles. The summed E-state index contributed by atoms with van der Waals surface area (Å²) in [4.78, 5) is 12.9. The summed E-state index contributed by atoms with van der Waals surface area (Å²) in [5.74, 6) is 2.52. The second kappa shape index (κ2) is 10.6. The summed E-state index contributed by atoms with van der Waals surface area (Å²) in [6.07, 6.45) is 0.868. The molecule has 0 bridgehead atoms. The number of hydrogen-bond acceptors (Lipinski definition) is 4. The Morgan fingerprint density at radius 2 is 1.39 bits per heavy atom. The number of benzene rings is 2. The predicted octanol–water partition coefficient (Wildman–Crippen LogP) is 4.76. The van der Waals surface area contributed by atoms with Crippen LogP contribution in [0.4, 0.5) is 0 Å². The molecule has 0 fully saturated rings. The second-order valence-corrected chi connectivity index (χ2v) is 7.15. The van der Waals surface area contributed by atoms with Gasteiger partial charge in [0.2, 0.25) is 0 Å². The van der Waals surface area contributed by atoms with Gasteiger partial charge in [0, 0.05) is 0 Å². The summed E-state index contributed by atoms with van der Waals surface area (Å²) in [6.45, 7) is 6.24.